The molecule has 3 rings (SSSR count). The molecule has 0 saturated carbocycles. The van der Waals surface area contributed by atoms with Crippen LogP contribution in [0.4, 0.5) is 31.9 Å². The second-order valence-electron chi connectivity index (χ2n) is 4.91. The van der Waals surface area contributed by atoms with Crippen LogP contribution in [0.15, 0.2) is 48.7 Å². The summed E-state index contributed by atoms with van der Waals surface area (Å²) in [6.07, 6.45) is 1.45. The normalized spacial score (nSPS) is 10.4. The van der Waals surface area contributed by atoms with Gasteiger partial charge in [0.2, 0.25) is 5.95 Å². The van der Waals surface area contributed by atoms with Crippen LogP contribution in [0.2, 0.25) is 0 Å². The van der Waals surface area contributed by atoms with Crippen molar-refractivity contribution in [2.45, 2.75) is 6.92 Å². The van der Waals surface area contributed by atoms with Crippen LogP contribution in [0.3, 0.4) is 0 Å². The number of benzene rings is 2. The molecule has 2 N–H and O–H groups in total. The molecule has 116 valence electrons. The van der Waals surface area contributed by atoms with Crippen molar-refractivity contribution in [3.05, 3.63) is 65.9 Å². The molecule has 3 aromatic rings. The zero-order valence-corrected chi connectivity index (χ0v) is 12.2. The lowest BCUT2D eigenvalue weighted by atomic mass is 10.2. The molecule has 0 aliphatic heterocycles. The lowest BCUT2D eigenvalue weighted by molar-refractivity contribution is 0.586. The lowest BCUT2D eigenvalue weighted by Crippen LogP contribution is -2.03. The number of anilines is 4. The summed E-state index contributed by atoms with van der Waals surface area (Å²) in [5, 5.41) is 13.3. The fourth-order valence-corrected chi connectivity index (χ4v) is 1.91. The molecule has 0 bridgehead atoms. The van der Waals surface area contributed by atoms with E-state index in [1.54, 1.807) is 0 Å². The number of rotatable bonds is 4. The van der Waals surface area contributed by atoms with Gasteiger partial charge in [0, 0.05) is 11.8 Å². The van der Waals surface area contributed by atoms with E-state index in [-0.39, 0.29) is 11.6 Å². The first-order valence-electron chi connectivity index (χ1n) is 6.86. The molecule has 0 unspecified atom stereocenters. The predicted octanol–water partition coefficient (Wildman–Crippen LogP) is 3.95. The Kier molecular flexibility index (Phi) is 4.09. The van der Waals surface area contributed by atoms with Gasteiger partial charge >= 0.3 is 0 Å². The second kappa shape index (κ2) is 6.35. The van der Waals surface area contributed by atoms with E-state index >= 15 is 0 Å². The van der Waals surface area contributed by atoms with E-state index in [1.165, 1.54) is 12.3 Å². The van der Waals surface area contributed by atoms with Crippen LogP contribution in [0.1, 0.15) is 5.56 Å². The average Bonchev–Trinajstić information content (AvgIpc) is 2.53. The van der Waals surface area contributed by atoms with E-state index in [9.17, 15) is 8.78 Å². The molecule has 7 heteroatoms. The molecule has 0 spiro atoms. The number of aryl methyl sites for hydroxylation is 1. The molecule has 0 fully saturated rings. The first-order chi connectivity index (χ1) is 11.1. The van der Waals surface area contributed by atoms with Crippen LogP contribution in [0, 0.1) is 18.6 Å². The second-order valence-corrected chi connectivity index (χ2v) is 4.91. The number of nitrogens with zero attached hydrogens (tertiary/aromatic N) is 3. The fourth-order valence-electron chi connectivity index (χ4n) is 1.91. The van der Waals surface area contributed by atoms with Gasteiger partial charge in [-0.1, -0.05) is 17.7 Å². The third kappa shape index (κ3) is 3.76. The van der Waals surface area contributed by atoms with Gasteiger partial charge in [-0.05, 0) is 31.2 Å². The maximum absolute atomic E-state index is 13.6. The molecule has 0 saturated heterocycles. The molecule has 23 heavy (non-hydrogen) atoms. The first kappa shape index (κ1) is 14.8. The standard InChI is InChI=1S/C16H13F2N5/c1-10-2-5-12(6-3-10)20-15-9-19-23-16(22-15)21-14-7-4-11(17)8-13(14)18/h2-9H,1H3,(H2,20,21,22,23). The average molecular weight is 313 g/mol. The molecule has 0 atom stereocenters. The first-order valence-corrected chi connectivity index (χ1v) is 6.86. The minimum atomic E-state index is -0.731. The van der Waals surface area contributed by atoms with E-state index in [0.717, 1.165) is 23.4 Å². The number of hydrogen-bond donors (Lipinski definition) is 2. The van der Waals surface area contributed by atoms with Gasteiger partial charge in [-0.3, -0.25) is 0 Å². The summed E-state index contributed by atoms with van der Waals surface area (Å²) in [4.78, 5) is 4.19. The number of aromatic nitrogens is 3. The van der Waals surface area contributed by atoms with Gasteiger partial charge in [0.15, 0.2) is 5.82 Å². The summed E-state index contributed by atoms with van der Waals surface area (Å²) in [5.74, 6) is -0.825. The number of halogens is 2. The number of nitrogens with one attached hydrogen (secondary N) is 2. The van der Waals surface area contributed by atoms with Gasteiger partial charge < -0.3 is 10.6 Å². The van der Waals surface area contributed by atoms with E-state index in [1.807, 2.05) is 31.2 Å². The maximum Gasteiger partial charge on any atom is 0.249 e. The SMILES string of the molecule is Cc1ccc(Nc2cnnc(Nc3ccc(F)cc3F)n2)cc1. The largest absolute Gasteiger partial charge is 0.339 e. The van der Waals surface area contributed by atoms with Crippen molar-refractivity contribution in [2.24, 2.45) is 0 Å². The molecule has 0 radical (unpaired) electrons. The Hall–Kier alpha value is -3.09. The Morgan fingerprint density at radius 3 is 2.48 bits per heavy atom. The van der Waals surface area contributed by atoms with Crippen LogP contribution in [-0.2, 0) is 0 Å². The lowest BCUT2D eigenvalue weighted by Gasteiger charge is -2.08. The minimum absolute atomic E-state index is 0.0701. The fraction of sp³-hybridized carbons (Fsp3) is 0.0625. The molecule has 1 aromatic heterocycles. The van der Waals surface area contributed by atoms with E-state index < -0.39 is 11.6 Å². The van der Waals surface area contributed by atoms with Crippen molar-refractivity contribution in [2.75, 3.05) is 10.6 Å². The summed E-state index contributed by atoms with van der Waals surface area (Å²) in [6, 6.07) is 10.9. The highest BCUT2D eigenvalue weighted by Crippen LogP contribution is 2.20. The third-order valence-corrected chi connectivity index (χ3v) is 3.06. The van der Waals surface area contributed by atoms with Crippen molar-refractivity contribution in [3.8, 4) is 0 Å². The molecule has 0 aliphatic rings. The van der Waals surface area contributed by atoms with E-state index in [2.05, 4.69) is 25.8 Å². The van der Waals surface area contributed by atoms with Crippen molar-refractivity contribution in [3.63, 3.8) is 0 Å². The third-order valence-electron chi connectivity index (χ3n) is 3.06. The molecular weight excluding hydrogens is 300 g/mol. The zero-order valence-electron chi connectivity index (χ0n) is 12.2. The summed E-state index contributed by atoms with van der Waals surface area (Å²) in [5.41, 5.74) is 2.06. The molecule has 1 heterocycles. The Labute approximate surface area is 131 Å². The van der Waals surface area contributed by atoms with Gasteiger partial charge in [-0.25, -0.2) is 8.78 Å². The quantitative estimate of drug-likeness (QED) is 0.764. The van der Waals surface area contributed by atoms with Gasteiger partial charge in [-0.2, -0.15) is 10.1 Å². The number of hydrogen-bond acceptors (Lipinski definition) is 5. The van der Waals surface area contributed by atoms with E-state index in [4.69, 9.17) is 0 Å². The van der Waals surface area contributed by atoms with Crippen LogP contribution in [-0.4, -0.2) is 15.2 Å². The van der Waals surface area contributed by atoms with Crippen molar-refractivity contribution in [1.29, 1.82) is 0 Å². The van der Waals surface area contributed by atoms with Crippen LogP contribution in [0.5, 0.6) is 0 Å². The summed E-state index contributed by atoms with van der Waals surface area (Å²) < 4.78 is 26.5. The topological polar surface area (TPSA) is 62.7 Å². The Morgan fingerprint density at radius 1 is 0.957 bits per heavy atom. The Morgan fingerprint density at radius 2 is 1.74 bits per heavy atom. The predicted molar refractivity (Wildman–Crippen MR) is 83.9 cm³/mol. The van der Waals surface area contributed by atoms with Crippen LogP contribution < -0.4 is 10.6 Å². The van der Waals surface area contributed by atoms with Crippen molar-refractivity contribution < 1.29 is 8.78 Å². The van der Waals surface area contributed by atoms with Gasteiger partial charge in [0.25, 0.3) is 0 Å². The van der Waals surface area contributed by atoms with Crippen molar-refractivity contribution >= 4 is 23.1 Å². The van der Waals surface area contributed by atoms with E-state index in [0.29, 0.717) is 5.82 Å². The Balaban J connectivity index is 1.78. The molecule has 0 amide bonds. The summed E-state index contributed by atoms with van der Waals surface area (Å²) in [6.45, 7) is 2.00. The minimum Gasteiger partial charge on any atom is -0.339 e. The highest BCUT2D eigenvalue weighted by molar-refractivity contribution is 5.59. The molecular formula is C16H13F2N5. The monoisotopic (exact) mass is 313 g/mol. The highest BCUT2D eigenvalue weighted by atomic mass is 19.1. The summed E-state index contributed by atoms with van der Waals surface area (Å²) >= 11 is 0. The molecule has 5 nitrogen and oxygen atoms in total. The molecule has 0 aliphatic carbocycles. The Bertz CT molecular complexity index is 821. The van der Waals surface area contributed by atoms with Gasteiger partial charge in [0.1, 0.15) is 11.6 Å². The molecule has 2 aromatic carbocycles. The summed E-state index contributed by atoms with van der Waals surface area (Å²) in [7, 11) is 0. The van der Waals surface area contributed by atoms with Gasteiger partial charge in [0.05, 0.1) is 11.9 Å². The maximum atomic E-state index is 13.6. The van der Waals surface area contributed by atoms with Crippen LogP contribution in [0.25, 0.3) is 0 Å². The van der Waals surface area contributed by atoms with Gasteiger partial charge in [-0.15, -0.1) is 5.10 Å². The highest BCUT2D eigenvalue weighted by Gasteiger charge is 2.07. The van der Waals surface area contributed by atoms with Crippen molar-refractivity contribution in [1.82, 2.24) is 15.2 Å². The smallest absolute Gasteiger partial charge is 0.249 e. The zero-order chi connectivity index (χ0) is 16.2. The van der Waals surface area contributed by atoms with Crippen LogP contribution >= 0.6 is 0 Å².